The highest BCUT2D eigenvalue weighted by Crippen LogP contribution is 2.48. The van der Waals surface area contributed by atoms with Crippen molar-refractivity contribution in [2.75, 3.05) is 0 Å². The molecule has 0 N–H and O–H groups in total. The van der Waals surface area contributed by atoms with Crippen LogP contribution in [0, 0.1) is 0 Å². The molecular formula is C44H24N4S. The fourth-order valence-corrected chi connectivity index (χ4v) is 9.57. The Bertz CT molecular complexity index is 3330. The third kappa shape index (κ3) is 3.23. The number of aromatic nitrogens is 4. The Morgan fingerprint density at radius 3 is 2.04 bits per heavy atom. The Balaban J connectivity index is 1.33. The number of nitrogens with zero attached hydrogens (tertiary/aromatic N) is 4. The molecule has 0 saturated carbocycles. The summed E-state index contributed by atoms with van der Waals surface area (Å²) in [4.78, 5) is 11.9. The van der Waals surface area contributed by atoms with Gasteiger partial charge in [-0.3, -0.25) is 4.57 Å². The Morgan fingerprint density at radius 1 is 0.449 bits per heavy atom. The first-order valence-electron chi connectivity index (χ1n) is 16.6. The van der Waals surface area contributed by atoms with Gasteiger partial charge in [-0.05, 0) is 41.1 Å². The molecule has 5 aromatic heterocycles. The second kappa shape index (κ2) is 9.19. The van der Waals surface area contributed by atoms with E-state index in [4.69, 9.17) is 9.97 Å². The molecule has 0 aliphatic rings. The summed E-state index contributed by atoms with van der Waals surface area (Å²) in [5.74, 6) is 0.692. The molecule has 12 rings (SSSR count). The molecule has 5 heteroatoms. The Kier molecular flexibility index (Phi) is 4.83. The Labute approximate surface area is 283 Å². The number of para-hydroxylation sites is 2. The van der Waals surface area contributed by atoms with E-state index < -0.39 is 0 Å². The third-order valence-corrected chi connectivity index (χ3v) is 11.5. The summed E-state index contributed by atoms with van der Waals surface area (Å²) >= 11 is 1.74. The molecule has 0 unspecified atom stereocenters. The zero-order chi connectivity index (χ0) is 31.8. The molecule has 4 nitrogen and oxygen atoms in total. The van der Waals surface area contributed by atoms with Gasteiger partial charge in [0.05, 0.1) is 33.3 Å². The number of benzene rings is 7. The van der Waals surface area contributed by atoms with E-state index in [1.165, 1.54) is 69.7 Å². The molecular weight excluding hydrogens is 617 g/mol. The molecule has 5 heterocycles. The van der Waals surface area contributed by atoms with Crippen LogP contribution < -0.4 is 0 Å². The van der Waals surface area contributed by atoms with Crippen molar-refractivity contribution in [1.29, 1.82) is 0 Å². The zero-order valence-electron chi connectivity index (χ0n) is 26.1. The van der Waals surface area contributed by atoms with Crippen molar-refractivity contribution in [3.05, 3.63) is 146 Å². The maximum absolute atomic E-state index is 5.50. The highest BCUT2D eigenvalue weighted by molar-refractivity contribution is 7.25. The number of thiophene rings is 1. The number of hydrogen-bond donors (Lipinski definition) is 0. The maximum atomic E-state index is 5.50. The lowest BCUT2D eigenvalue weighted by Gasteiger charge is -2.11. The van der Waals surface area contributed by atoms with Crippen LogP contribution in [0.5, 0.6) is 0 Å². The monoisotopic (exact) mass is 640 g/mol. The first-order valence-corrected chi connectivity index (χ1v) is 17.4. The second-order valence-electron chi connectivity index (χ2n) is 12.9. The molecule has 0 aliphatic heterocycles. The van der Waals surface area contributed by atoms with Crippen LogP contribution in [-0.2, 0) is 0 Å². The summed E-state index contributed by atoms with van der Waals surface area (Å²) < 4.78 is 6.03. The van der Waals surface area contributed by atoms with Gasteiger partial charge in [0.15, 0.2) is 0 Å². The lowest BCUT2D eigenvalue weighted by atomic mass is 10.00. The van der Waals surface area contributed by atoms with Crippen LogP contribution in [0.1, 0.15) is 0 Å². The summed E-state index contributed by atoms with van der Waals surface area (Å²) in [7, 11) is 0. The highest BCUT2D eigenvalue weighted by Gasteiger charge is 2.26. The minimum atomic E-state index is 0.692. The van der Waals surface area contributed by atoms with Gasteiger partial charge in [-0.1, -0.05) is 115 Å². The van der Waals surface area contributed by atoms with Crippen molar-refractivity contribution in [2.24, 2.45) is 0 Å². The van der Waals surface area contributed by atoms with Gasteiger partial charge in [-0.25, -0.2) is 9.97 Å². The lowest BCUT2D eigenvalue weighted by molar-refractivity contribution is 1.02. The van der Waals surface area contributed by atoms with Gasteiger partial charge < -0.3 is 4.40 Å². The van der Waals surface area contributed by atoms with E-state index in [0.717, 1.165) is 32.5 Å². The SMILES string of the molecule is c1ccc(-c2nc(-n3c4ccccc4c4cc5c6c7ccccc7ccc6n6c7ccccc7c(c43)c56)nc3sc4ccccc4c23)cc1. The van der Waals surface area contributed by atoms with Gasteiger partial charge in [-0.2, -0.15) is 0 Å². The molecule has 0 fully saturated rings. The van der Waals surface area contributed by atoms with Gasteiger partial charge in [0, 0.05) is 53.4 Å². The molecule has 49 heavy (non-hydrogen) atoms. The molecule has 0 spiro atoms. The molecule has 0 radical (unpaired) electrons. The van der Waals surface area contributed by atoms with Crippen LogP contribution in [0.4, 0.5) is 0 Å². The van der Waals surface area contributed by atoms with E-state index in [1.54, 1.807) is 11.3 Å². The van der Waals surface area contributed by atoms with Crippen molar-refractivity contribution < 1.29 is 0 Å². The minimum absolute atomic E-state index is 0.692. The van der Waals surface area contributed by atoms with Gasteiger partial charge in [-0.15, -0.1) is 11.3 Å². The normalized spacial score (nSPS) is 12.5. The largest absolute Gasteiger partial charge is 0.308 e. The van der Waals surface area contributed by atoms with Crippen molar-refractivity contribution in [3.63, 3.8) is 0 Å². The molecule has 12 aromatic rings. The van der Waals surface area contributed by atoms with Crippen LogP contribution in [0.3, 0.4) is 0 Å². The predicted molar refractivity (Wildman–Crippen MR) is 207 cm³/mol. The van der Waals surface area contributed by atoms with Crippen molar-refractivity contribution in [3.8, 4) is 17.2 Å². The maximum Gasteiger partial charge on any atom is 0.236 e. The van der Waals surface area contributed by atoms with Crippen LogP contribution >= 0.6 is 11.3 Å². The molecule has 0 saturated heterocycles. The fourth-order valence-electron chi connectivity index (χ4n) is 8.50. The fraction of sp³-hybridized carbons (Fsp3) is 0. The quantitative estimate of drug-likeness (QED) is 0.188. The summed E-state index contributed by atoms with van der Waals surface area (Å²) in [6, 6.07) is 52.5. The number of rotatable bonds is 2. The molecule has 0 atom stereocenters. The predicted octanol–water partition coefficient (Wildman–Crippen LogP) is 11.9. The highest BCUT2D eigenvalue weighted by atomic mass is 32.1. The molecule has 226 valence electrons. The number of fused-ring (bicyclic) bond motifs is 15. The Hall–Kier alpha value is -6.30. The van der Waals surface area contributed by atoms with Crippen LogP contribution in [0.15, 0.2) is 146 Å². The van der Waals surface area contributed by atoms with Crippen molar-refractivity contribution in [2.45, 2.75) is 0 Å². The van der Waals surface area contributed by atoms with Crippen LogP contribution in [0.25, 0.3) is 108 Å². The zero-order valence-corrected chi connectivity index (χ0v) is 26.9. The summed E-state index contributed by atoms with van der Waals surface area (Å²) in [6.45, 7) is 0. The summed E-state index contributed by atoms with van der Waals surface area (Å²) in [5, 5.41) is 12.3. The standard InChI is InChI=1S/C44H24N4S/c1-2-13-26(14-3-1)40-38-30-18-8-11-21-36(30)49-43(38)46-44(45-40)48-33-19-9-6-16-28(33)31-24-32-37-27-15-5-4-12-25(27)22-23-35(37)47-34-20-10-7-17-29(34)39(41(31)48)42(32)47/h1-24H. The van der Waals surface area contributed by atoms with Gasteiger partial charge in [0.1, 0.15) is 4.83 Å². The molecule has 0 aliphatic carbocycles. The van der Waals surface area contributed by atoms with E-state index in [2.05, 4.69) is 155 Å². The van der Waals surface area contributed by atoms with E-state index >= 15 is 0 Å². The van der Waals surface area contributed by atoms with Crippen molar-refractivity contribution >= 4 is 102 Å². The van der Waals surface area contributed by atoms with Gasteiger partial charge >= 0.3 is 0 Å². The lowest BCUT2D eigenvalue weighted by Crippen LogP contribution is -2.03. The smallest absolute Gasteiger partial charge is 0.236 e. The first-order chi connectivity index (χ1) is 24.3. The van der Waals surface area contributed by atoms with E-state index in [1.807, 2.05) is 0 Å². The van der Waals surface area contributed by atoms with E-state index in [0.29, 0.717) is 5.95 Å². The Morgan fingerprint density at radius 2 is 1.16 bits per heavy atom. The van der Waals surface area contributed by atoms with E-state index in [-0.39, 0.29) is 0 Å². The first kappa shape index (κ1) is 25.7. The average molecular weight is 641 g/mol. The summed E-state index contributed by atoms with van der Waals surface area (Å²) in [5.41, 5.74) is 7.99. The number of hydrogen-bond acceptors (Lipinski definition) is 3. The van der Waals surface area contributed by atoms with E-state index in [9.17, 15) is 0 Å². The van der Waals surface area contributed by atoms with Gasteiger partial charge in [0.2, 0.25) is 5.95 Å². The van der Waals surface area contributed by atoms with Crippen LogP contribution in [-0.4, -0.2) is 18.9 Å². The van der Waals surface area contributed by atoms with Crippen LogP contribution in [0.2, 0.25) is 0 Å². The average Bonchev–Trinajstić information content (AvgIpc) is 3.90. The third-order valence-electron chi connectivity index (χ3n) is 10.5. The molecule has 0 amide bonds. The van der Waals surface area contributed by atoms with Gasteiger partial charge in [0.25, 0.3) is 0 Å². The second-order valence-corrected chi connectivity index (χ2v) is 14.0. The topological polar surface area (TPSA) is 35.1 Å². The minimum Gasteiger partial charge on any atom is -0.308 e. The molecule has 0 bridgehead atoms. The summed E-state index contributed by atoms with van der Waals surface area (Å²) in [6.07, 6.45) is 0. The van der Waals surface area contributed by atoms with Crippen molar-refractivity contribution in [1.82, 2.24) is 18.9 Å². The molecule has 7 aromatic carbocycles.